The van der Waals surface area contributed by atoms with Crippen LogP contribution in [0.2, 0.25) is 0 Å². The first-order valence-corrected chi connectivity index (χ1v) is 7.69. The van der Waals surface area contributed by atoms with Gasteiger partial charge in [-0.15, -0.1) is 0 Å². The van der Waals surface area contributed by atoms with Gasteiger partial charge in [-0.25, -0.2) is 18.1 Å². The number of sulfonamides is 1. The maximum atomic E-state index is 12.1. The van der Waals surface area contributed by atoms with Gasteiger partial charge < -0.3 is 14.5 Å². The molecule has 1 aromatic heterocycles. The van der Waals surface area contributed by atoms with E-state index < -0.39 is 16.1 Å². The Morgan fingerprint density at radius 3 is 2.52 bits per heavy atom. The first-order chi connectivity index (χ1) is 9.97. The van der Waals surface area contributed by atoms with Crippen LogP contribution >= 0.6 is 0 Å². The minimum Gasteiger partial charge on any atom is -0.493 e. The van der Waals surface area contributed by atoms with Crippen molar-refractivity contribution in [1.82, 2.24) is 14.7 Å². The van der Waals surface area contributed by atoms with Crippen molar-refractivity contribution in [3.05, 3.63) is 36.3 Å². The fourth-order valence-electron chi connectivity index (χ4n) is 1.88. The summed E-state index contributed by atoms with van der Waals surface area (Å²) in [6.45, 7) is 1.75. The lowest BCUT2D eigenvalue weighted by atomic mass is 10.1. The zero-order chi connectivity index (χ0) is 15.5. The van der Waals surface area contributed by atoms with Gasteiger partial charge in [-0.1, -0.05) is 6.07 Å². The van der Waals surface area contributed by atoms with E-state index in [4.69, 9.17) is 9.47 Å². The van der Waals surface area contributed by atoms with Crippen LogP contribution in [0.4, 0.5) is 0 Å². The van der Waals surface area contributed by atoms with Gasteiger partial charge in [0.2, 0.25) is 0 Å². The smallest absolute Gasteiger partial charge is 0.258 e. The third kappa shape index (κ3) is 3.34. The van der Waals surface area contributed by atoms with Crippen LogP contribution in [0.25, 0.3) is 0 Å². The molecular formula is C13H17N3O4S. The summed E-state index contributed by atoms with van der Waals surface area (Å²) in [5, 5.41) is 0.0230. The molecule has 1 atom stereocenters. The summed E-state index contributed by atoms with van der Waals surface area (Å²) in [7, 11) is -0.567. The average Bonchev–Trinajstić information content (AvgIpc) is 3.01. The highest BCUT2D eigenvalue weighted by Gasteiger charge is 2.20. The summed E-state index contributed by atoms with van der Waals surface area (Å²) >= 11 is 0. The Morgan fingerprint density at radius 1 is 1.24 bits per heavy atom. The maximum absolute atomic E-state index is 12.1. The summed E-state index contributed by atoms with van der Waals surface area (Å²) < 4.78 is 37.2. The van der Waals surface area contributed by atoms with Crippen molar-refractivity contribution in [2.45, 2.75) is 18.0 Å². The van der Waals surface area contributed by atoms with E-state index in [1.807, 2.05) is 0 Å². The average molecular weight is 311 g/mol. The van der Waals surface area contributed by atoms with Crippen molar-refractivity contribution in [2.75, 3.05) is 14.2 Å². The second-order valence-corrected chi connectivity index (χ2v) is 6.06. The van der Waals surface area contributed by atoms with Gasteiger partial charge in [-0.05, 0) is 24.6 Å². The summed E-state index contributed by atoms with van der Waals surface area (Å²) in [5.74, 6) is 1.13. The van der Waals surface area contributed by atoms with Crippen LogP contribution in [0.1, 0.15) is 18.5 Å². The molecule has 21 heavy (non-hydrogen) atoms. The molecule has 2 aromatic rings. The van der Waals surface area contributed by atoms with Crippen LogP contribution in [0.5, 0.6) is 11.5 Å². The molecule has 2 rings (SSSR count). The Labute approximate surface area is 123 Å². The summed E-state index contributed by atoms with van der Waals surface area (Å²) in [6.07, 6.45) is 2.57. The molecule has 2 N–H and O–H groups in total. The minimum absolute atomic E-state index is 0.0230. The lowest BCUT2D eigenvalue weighted by Crippen LogP contribution is -2.27. The van der Waals surface area contributed by atoms with E-state index in [0.29, 0.717) is 11.5 Å². The van der Waals surface area contributed by atoms with E-state index in [0.717, 1.165) is 5.56 Å². The Bertz CT molecular complexity index is 698. The van der Waals surface area contributed by atoms with Crippen molar-refractivity contribution >= 4 is 10.0 Å². The number of hydrogen-bond acceptors (Lipinski definition) is 5. The topological polar surface area (TPSA) is 93.3 Å². The van der Waals surface area contributed by atoms with E-state index in [1.165, 1.54) is 19.6 Å². The molecule has 0 amide bonds. The number of benzene rings is 1. The predicted molar refractivity (Wildman–Crippen MR) is 76.9 cm³/mol. The second kappa shape index (κ2) is 6.15. The van der Waals surface area contributed by atoms with E-state index >= 15 is 0 Å². The maximum Gasteiger partial charge on any atom is 0.258 e. The number of nitrogens with one attached hydrogen (secondary N) is 2. The highest BCUT2D eigenvalue weighted by Crippen LogP contribution is 2.30. The molecule has 8 heteroatoms. The van der Waals surface area contributed by atoms with Gasteiger partial charge >= 0.3 is 0 Å². The molecule has 1 heterocycles. The Hall–Kier alpha value is -2.06. The molecule has 0 fully saturated rings. The van der Waals surface area contributed by atoms with Crippen LogP contribution < -0.4 is 14.2 Å². The highest BCUT2D eigenvalue weighted by molar-refractivity contribution is 7.89. The number of aromatic nitrogens is 2. The van der Waals surface area contributed by atoms with Gasteiger partial charge in [0.25, 0.3) is 10.0 Å². The van der Waals surface area contributed by atoms with Crippen molar-refractivity contribution in [3.8, 4) is 11.5 Å². The normalized spacial score (nSPS) is 12.9. The van der Waals surface area contributed by atoms with Gasteiger partial charge in [-0.2, -0.15) is 0 Å². The van der Waals surface area contributed by atoms with Crippen LogP contribution in [-0.4, -0.2) is 32.6 Å². The zero-order valence-electron chi connectivity index (χ0n) is 12.0. The fraction of sp³-hybridized carbons (Fsp3) is 0.308. The van der Waals surface area contributed by atoms with E-state index in [1.54, 1.807) is 32.2 Å². The number of aromatic amines is 1. The van der Waals surface area contributed by atoms with Crippen molar-refractivity contribution < 1.29 is 17.9 Å². The Kier molecular flexibility index (Phi) is 4.49. The van der Waals surface area contributed by atoms with Crippen molar-refractivity contribution in [2.24, 2.45) is 0 Å². The molecule has 114 valence electrons. The van der Waals surface area contributed by atoms with Gasteiger partial charge in [0.1, 0.15) is 0 Å². The summed E-state index contributed by atoms with van der Waals surface area (Å²) in [6, 6.07) is 4.81. The molecule has 0 aliphatic carbocycles. The standard InChI is InChI=1S/C13H17N3O4S/c1-9(16-21(17,18)13-7-14-8-15-13)10-4-5-11(19-2)12(6-10)20-3/h4-9,16H,1-3H3,(H,14,15). The minimum atomic E-state index is -3.64. The lowest BCUT2D eigenvalue weighted by molar-refractivity contribution is 0.354. The van der Waals surface area contributed by atoms with E-state index in [-0.39, 0.29) is 5.03 Å². The van der Waals surface area contributed by atoms with Gasteiger partial charge in [0.15, 0.2) is 16.5 Å². The largest absolute Gasteiger partial charge is 0.493 e. The molecule has 1 unspecified atom stereocenters. The van der Waals surface area contributed by atoms with Crippen LogP contribution in [0, 0.1) is 0 Å². The summed E-state index contributed by atoms with van der Waals surface area (Å²) in [5.41, 5.74) is 0.760. The number of H-pyrrole nitrogens is 1. The van der Waals surface area contributed by atoms with Gasteiger partial charge in [0, 0.05) is 6.04 Å². The number of methoxy groups -OCH3 is 2. The monoisotopic (exact) mass is 311 g/mol. The molecule has 1 aromatic carbocycles. The number of nitrogens with zero attached hydrogens (tertiary/aromatic N) is 1. The zero-order valence-corrected chi connectivity index (χ0v) is 12.8. The van der Waals surface area contributed by atoms with E-state index in [9.17, 15) is 8.42 Å². The van der Waals surface area contributed by atoms with Gasteiger partial charge in [-0.3, -0.25) is 0 Å². The van der Waals surface area contributed by atoms with Crippen LogP contribution in [-0.2, 0) is 10.0 Å². The van der Waals surface area contributed by atoms with Crippen LogP contribution in [0.15, 0.2) is 35.7 Å². The summed E-state index contributed by atoms with van der Waals surface area (Å²) in [4.78, 5) is 6.28. The second-order valence-electron chi connectivity index (χ2n) is 4.37. The SMILES string of the molecule is COc1ccc(C(C)NS(=O)(=O)c2cnc[nH]2)cc1OC. The molecule has 0 bridgehead atoms. The van der Waals surface area contributed by atoms with Crippen molar-refractivity contribution in [3.63, 3.8) is 0 Å². The lowest BCUT2D eigenvalue weighted by Gasteiger charge is -2.16. The third-order valence-corrected chi connectivity index (χ3v) is 4.47. The molecular weight excluding hydrogens is 294 g/mol. The Morgan fingerprint density at radius 2 is 1.95 bits per heavy atom. The number of ether oxygens (including phenoxy) is 2. The molecule has 0 aliphatic rings. The number of hydrogen-bond donors (Lipinski definition) is 2. The molecule has 0 saturated carbocycles. The highest BCUT2D eigenvalue weighted by atomic mass is 32.2. The first-order valence-electron chi connectivity index (χ1n) is 6.20. The number of imidazole rings is 1. The molecule has 0 saturated heterocycles. The number of rotatable bonds is 6. The van der Waals surface area contributed by atoms with Gasteiger partial charge in [0.05, 0.1) is 26.7 Å². The predicted octanol–water partition coefficient (Wildman–Crippen LogP) is 1.47. The fourth-order valence-corrected chi connectivity index (χ4v) is 3.01. The molecule has 0 spiro atoms. The van der Waals surface area contributed by atoms with Crippen LogP contribution in [0.3, 0.4) is 0 Å². The van der Waals surface area contributed by atoms with Crippen molar-refractivity contribution in [1.29, 1.82) is 0 Å². The van der Waals surface area contributed by atoms with E-state index in [2.05, 4.69) is 14.7 Å². The molecule has 0 aliphatic heterocycles. The molecule has 0 radical (unpaired) electrons. The quantitative estimate of drug-likeness (QED) is 0.842. The Balaban J connectivity index is 2.23. The third-order valence-electron chi connectivity index (χ3n) is 3.00. The first kappa shape index (κ1) is 15.3. The molecule has 7 nitrogen and oxygen atoms in total.